The summed E-state index contributed by atoms with van der Waals surface area (Å²) in [5.41, 5.74) is 2.77. The van der Waals surface area contributed by atoms with E-state index in [2.05, 4.69) is 21.5 Å². The van der Waals surface area contributed by atoms with Crippen molar-refractivity contribution in [2.75, 3.05) is 0 Å². The monoisotopic (exact) mass is 338 g/mol. The highest BCUT2D eigenvalue weighted by Crippen LogP contribution is 2.40. The van der Waals surface area contributed by atoms with Crippen LogP contribution >= 0.6 is 0 Å². The Hall–Kier alpha value is -2.63. The molecular formula is C19H22N4O2. The third-order valence-electron chi connectivity index (χ3n) is 4.90. The molecule has 4 rings (SSSR count). The van der Waals surface area contributed by atoms with Gasteiger partial charge in [0.25, 0.3) is 5.91 Å². The quantitative estimate of drug-likeness (QED) is 0.772. The van der Waals surface area contributed by atoms with Gasteiger partial charge in [-0.2, -0.15) is 5.10 Å². The molecule has 0 spiro atoms. The maximum atomic E-state index is 12.9. The average molecular weight is 338 g/mol. The van der Waals surface area contributed by atoms with E-state index in [1.165, 1.54) is 0 Å². The van der Waals surface area contributed by atoms with Crippen LogP contribution < -0.4 is 5.32 Å². The molecule has 130 valence electrons. The van der Waals surface area contributed by atoms with Crippen molar-refractivity contribution in [3.8, 4) is 0 Å². The molecule has 1 amide bonds. The molecule has 1 aliphatic carbocycles. The number of hydrogen-bond donors (Lipinski definition) is 1. The van der Waals surface area contributed by atoms with Gasteiger partial charge in [0.1, 0.15) is 17.7 Å². The zero-order chi connectivity index (χ0) is 17.6. The normalized spacial score (nSPS) is 15.5. The Labute approximate surface area is 146 Å². The minimum atomic E-state index is -0.186. The summed E-state index contributed by atoms with van der Waals surface area (Å²) in [6, 6.07) is 5.84. The Kier molecular flexibility index (Phi) is 3.82. The lowest BCUT2D eigenvalue weighted by molar-refractivity contribution is 0.0901. The van der Waals surface area contributed by atoms with Gasteiger partial charge in [0, 0.05) is 17.5 Å². The number of aryl methyl sites for hydroxylation is 3. The summed E-state index contributed by atoms with van der Waals surface area (Å²) in [5.74, 6) is 1.44. The first-order valence-corrected chi connectivity index (χ1v) is 8.76. The van der Waals surface area contributed by atoms with Crippen LogP contribution in [0.5, 0.6) is 0 Å². The van der Waals surface area contributed by atoms with Crippen molar-refractivity contribution in [1.82, 2.24) is 20.1 Å². The van der Waals surface area contributed by atoms with Crippen LogP contribution in [-0.2, 0) is 6.54 Å². The molecule has 1 saturated carbocycles. The van der Waals surface area contributed by atoms with Crippen LogP contribution in [0.15, 0.2) is 28.9 Å². The Balaban J connectivity index is 1.65. The van der Waals surface area contributed by atoms with Crippen molar-refractivity contribution in [3.63, 3.8) is 0 Å². The summed E-state index contributed by atoms with van der Waals surface area (Å²) < 4.78 is 7.68. The minimum Gasteiger partial charge on any atom is -0.451 e. The van der Waals surface area contributed by atoms with Gasteiger partial charge in [-0.15, -0.1) is 0 Å². The molecule has 1 N–H and O–H groups in total. The first kappa shape index (κ1) is 15.9. The highest BCUT2D eigenvalue weighted by Gasteiger charge is 2.37. The average Bonchev–Trinajstić information content (AvgIpc) is 3.25. The van der Waals surface area contributed by atoms with Crippen molar-refractivity contribution in [2.24, 2.45) is 5.92 Å². The summed E-state index contributed by atoms with van der Waals surface area (Å²) in [6.45, 7) is 6.72. The van der Waals surface area contributed by atoms with E-state index >= 15 is 0 Å². The zero-order valence-electron chi connectivity index (χ0n) is 14.7. The van der Waals surface area contributed by atoms with E-state index in [0.717, 1.165) is 47.3 Å². The molecule has 1 unspecified atom stereocenters. The number of nitrogens with one attached hydrogen (secondary N) is 1. The number of carbonyl (C=O) groups is 1. The number of furan rings is 1. The molecule has 0 radical (unpaired) electrons. The van der Waals surface area contributed by atoms with Crippen LogP contribution in [0.3, 0.4) is 0 Å². The lowest BCUT2D eigenvalue weighted by Gasteiger charge is -2.17. The maximum Gasteiger partial charge on any atom is 0.287 e. The standard InChI is InChI=1S/C19H22N4O2/c1-4-23-18(20-10-21-23)16(13-6-7-13)22-19(24)17-12(3)14-9-11(2)5-8-15(14)25-17/h5,8-10,13,16H,4,6-7H2,1-3H3,(H,22,24). The van der Waals surface area contributed by atoms with Gasteiger partial charge in [-0.3, -0.25) is 4.79 Å². The predicted molar refractivity (Wildman–Crippen MR) is 94.3 cm³/mol. The molecule has 6 nitrogen and oxygen atoms in total. The van der Waals surface area contributed by atoms with E-state index in [-0.39, 0.29) is 11.9 Å². The number of carbonyl (C=O) groups excluding carboxylic acids is 1. The number of fused-ring (bicyclic) bond motifs is 1. The van der Waals surface area contributed by atoms with Gasteiger partial charge < -0.3 is 9.73 Å². The highest BCUT2D eigenvalue weighted by molar-refractivity contribution is 5.99. The summed E-state index contributed by atoms with van der Waals surface area (Å²) in [7, 11) is 0. The molecule has 0 bridgehead atoms. The smallest absolute Gasteiger partial charge is 0.287 e. The SMILES string of the molecule is CCn1ncnc1C(NC(=O)c1oc2ccc(C)cc2c1C)C1CC1. The van der Waals surface area contributed by atoms with E-state index in [1.54, 1.807) is 6.33 Å². The summed E-state index contributed by atoms with van der Waals surface area (Å²) >= 11 is 0. The number of benzene rings is 1. The first-order chi connectivity index (χ1) is 12.1. The third-order valence-corrected chi connectivity index (χ3v) is 4.90. The summed E-state index contributed by atoms with van der Waals surface area (Å²) in [5, 5.41) is 8.36. The lowest BCUT2D eigenvalue weighted by Crippen LogP contribution is -2.32. The van der Waals surface area contributed by atoms with Crippen molar-refractivity contribution < 1.29 is 9.21 Å². The lowest BCUT2D eigenvalue weighted by atomic mass is 10.1. The van der Waals surface area contributed by atoms with E-state index in [1.807, 2.05) is 37.6 Å². The van der Waals surface area contributed by atoms with Crippen LogP contribution in [0.2, 0.25) is 0 Å². The molecule has 0 saturated heterocycles. The molecule has 1 aliphatic rings. The number of hydrogen-bond acceptors (Lipinski definition) is 4. The Morgan fingerprint density at radius 3 is 2.92 bits per heavy atom. The fraction of sp³-hybridized carbons (Fsp3) is 0.421. The van der Waals surface area contributed by atoms with Crippen molar-refractivity contribution in [3.05, 3.63) is 47.2 Å². The second kappa shape index (κ2) is 6.02. The van der Waals surface area contributed by atoms with Crippen LogP contribution in [0, 0.1) is 19.8 Å². The number of amides is 1. The molecular weight excluding hydrogens is 316 g/mol. The summed E-state index contributed by atoms with van der Waals surface area (Å²) in [6.07, 6.45) is 3.75. The van der Waals surface area contributed by atoms with Gasteiger partial charge in [-0.1, -0.05) is 11.6 Å². The minimum absolute atomic E-state index is 0.121. The van der Waals surface area contributed by atoms with Crippen LogP contribution in [0.4, 0.5) is 0 Å². The molecule has 6 heteroatoms. The fourth-order valence-electron chi connectivity index (χ4n) is 3.34. The van der Waals surface area contributed by atoms with Gasteiger partial charge in [0.15, 0.2) is 5.76 Å². The Bertz CT molecular complexity index is 936. The second-order valence-electron chi connectivity index (χ2n) is 6.78. The molecule has 2 aromatic heterocycles. The maximum absolute atomic E-state index is 12.9. The first-order valence-electron chi connectivity index (χ1n) is 8.76. The molecule has 3 aromatic rings. The fourth-order valence-corrected chi connectivity index (χ4v) is 3.34. The molecule has 0 aliphatic heterocycles. The topological polar surface area (TPSA) is 73.0 Å². The van der Waals surface area contributed by atoms with Gasteiger partial charge in [-0.05, 0) is 51.7 Å². The van der Waals surface area contributed by atoms with Gasteiger partial charge in [-0.25, -0.2) is 9.67 Å². The molecule has 1 aromatic carbocycles. The highest BCUT2D eigenvalue weighted by atomic mass is 16.3. The molecule has 1 atom stereocenters. The van der Waals surface area contributed by atoms with E-state index in [4.69, 9.17) is 4.42 Å². The number of aromatic nitrogens is 3. The largest absolute Gasteiger partial charge is 0.451 e. The number of rotatable bonds is 5. The van der Waals surface area contributed by atoms with E-state index in [0.29, 0.717) is 11.7 Å². The zero-order valence-corrected chi connectivity index (χ0v) is 14.7. The Morgan fingerprint density at radius 1 is 1.40 bits per heavy atom. The Morgan fingerprint density at radius 2 is 2.20 bits per heavy atom. The predicted octanol–water partition coefficient (Wildman–Crippen LogP) is 3.54. The second-order valence-corrected chi connectivity index (χ2v) is 6.78. The van der Waals surface area contributed by atoms with Crippen molar-refractivity contribution in [2.45, 2.75) is 46.2 Å². The van der Waals surface area contributed by atoms with Gasteiger partial charge in [0.2, 0.25) is 0 Å². The van der Waals surface area contributed by atoms with Crippen molar-refractivity contribution >= 4 is 16.9 Å². The van der Waals surface area contributed by atoms with Crippen molar-refractivity contribution in [1.29, 1.82) is 0 Å². The van der Waals surface area contributed by atoms with E-state index < -0.39 is 0 Å². The van der Waals surface area contributed by atoms with Gasteiger partial charge in [0.05, 0.1) is 6.04 Å². The van der Waals surface area contributed by atoms with Crippen LogP contribution in [0.25, 0.3) is 11.0 Å². The third kappa shape index (κ3) is 2.81. The molecule has 2 heterocycles. The van der Waals surface area contributed by atoms with Crippen LogP contribution in [0.1, 0.15) is 53.3 Å². The molecule has 25 heavy (non-hydrogen) atoms. The van der Waals surface area contributed by atoms with Gasteiger partial charge >= 0.3 is 0 Å². The molecule has 1 fully saturated rings. The van der Waals surface area contributed by atoms with Crippen LogP contribution in [-0.4, -0.2) is 20.7 Å². The summed E-state index contributed by atoms with van der Waals surface area (Å²) in [4.78, 5) is 17.3. The number of nitrogens with zero attached hydrogens (tertiary/aromatic N) is 3. The van der Waals surface area contributed by atoms with E-state index in [9.17, 15) is 4.79 Å².